The lowest BCUT2D eigenvalue weighted by Crippen LogP contribution is -2.03. The molecule has 2 rings (SSSR count). The van der Waals surface area contributed by atoms with Crippen molar-refractivity contribution in [2.75, 3.05) is 13.7 Å². The summed E-state index contributed by atoms with van der Waals surface area (Å²) in [4.78, 5) is 11.0. The quantitative estimate of drug-likeness (QED) is 0.754. The van der Waals surface area contributed by atoms with Gasteiger partial charge in [0.25, 0.3) is 0 Å². The molecule has 0 N–H and O–H groups in total. The van der Waals surface area contributed by atoms with Crippen LogP contribution in [-0.2, 0) is 6.42 Å². The van der Waals surface area contributed by atoms with Crippen LogP contribution >= 0.6 is 0 Å². The van der Waals surface area contributed by atoms with Gasteiger partial charge in [-0.3, -0.25) is 4.79 Å². The second-order valence-corrected chi connectivity index (χ2v) is 4.61. The average Bonchev–Trinajstić information content (AvgIpc) is 2.49. The first-order valence-electron chi connectivity index (χ1n) is 6.54. The van der Waals surface area contributed by atoms with E-state index in [2.05, 4.69) is 0 Å². The Balaban J connectivity index is 1.93. The Morgan fingerprint density at radius 1 is 1.10 bits per heavy atom. The third-order valence-electron chi connectivity index (χ3n) is 3.10. The minimum atomic E-state index is 0.538. The number of methoxy groups -OCH3 is 1. The summed E-state index contributed by atoms with van der Waals surface area (Å²) in [6.45, 7) is 2.49. The second-order valence-electron chi connectivity index (χ2n) is 4.61. The molecule has 0 amide bonds. The third-order valence-corrected chi connectivity index (χ3v) is 3.10. The lowest BCUT2D eigenvalue weighted by molar-refractivity contribution is 0.111. The molecule has 0 bridgehead atoms. The first kappa shape index (κ1) is 14.1. The third kappa shape index (κ3) is 3.60. The van der Waals surface area contributed by atoms with Crippen molar-refractivity contribution in [3.05, 3.63) is 59.2 Å². The molecule has 0 fully saturated rings. The Morgan fingerprint density at radius 3 is 2.50 bits per heavy atom. The lowest BCUT2D eigenvalue weighted by Gasteiger charge is -2.09. The molecule has 0 aromatic heterocycles. The van der Waals surface area contributed by atoms with Crippen LogP contribution in [0.15, 0.2) is 42.5 Å². The molecule has 0 radical (unpaired) electrons. The van der Waals surface area contributed by atoms with E-state index in [1.807, 2.05) is 49.4 Å². The second kappa shape index (κ2) is 6.75. The summed E-state index contributed by atoms with van der Waals surface area (Å²) in [6, 6.07) is 13.5. The van der Waals surface area contributed by atoms with Crippen LogP contribution in [0.1, 0.15) is 21.5 Å². The fraction of sp³-hybridized carbons (Fsp3) is 0.235. The van der Waals surface area contributed by atoms with Crippen LogP contribution in [0.4, 0.5) is 0 Å². The molecule has 0 atom stereocenters. The van der Waals surface area contributed by atoms with Gasteiger partial charge in [0.1, 0.15) is 11.5 Å². The van der Waals surface area contributed by atoms with Gasteiger partial charge in [0, 0.05) is 6.42 Å². The molecule has 0 aliphatic rings. The van der Waals surface area contributed by atoms with Crippen molar-refractivity contribution in [3.63, 3.8) is 0 Å². The van der Waals surface area contributed by atoms with Gasteiger partial charge in [-0.1, -0.05) is 23.8 Å². The van der Waals surface area contributed by atoms with Gasteiger partial charge in [0.15, 0.2) is 6.29 Å². The zero-order chi connectivity index (χ0) is 14.4. The average molecular weight is 270 g/mol. The molecular formula is C17H18O3. The van der Waals surface area contributed by atoms with Gasteiger partial charge >= 0.3 is 0 Å². The highest BCUT2D eigenvalue weighted by atomic mass is 16.5. The monoisotopic (exact) mass is 270 g/mol. The van der Waals surface area contributed by atoms with Crippen molar-refractivity contribution < 1.29 is 14.3 Å². The van der Waals surface area contributed by atoms with E-state index in [4.69, 9.17) is 9.47 Å². The first-order chi connectivity index (χ1) is 9.72. The van der Waals surface area contributed by atoms with E-state index in [0.717, 1.165) is 24.0 Å². The Morgan fingerprint density at radius 2 is 1.85 bits per heavy atom. The summed E-state index contributed by atoms with van der Waals surface area (Å²) in [5.74, 6) is 1.48. The van der Waals surface area contributed by atoms with Gasteiger partial charge in [-0.25, -0.2) is 0 Å². The Labute approximate surface area is 119 Å². The number of carbonyl (C=O) groups excluding carboxylic acids is 1. The summed E-state index contributed by atoms with van der Waals surface area (Å²) in [5, 5.41) is 0. The summed E-state index contributed by atoms with van der Waals surface area (Å²) in [5.41, 5.74) is 2.82. The maximum Gasteiger partial charge on any atom is 0.153 e. The molecule has 3 nitrogen and oxygen atoms in total. The molecule has 2 aromatic carbocycles. The Bertz CT molecular complexity index is 573. The van der Waals surface area contributed by atoms with Crippen LogP contribution in [0.25, 0.3) is 0 Å². The fourth-order valence-electron chi connectivity index (χ4n) is 1.96. The largest absolute Gasteiger partial charge is 0.497 e. The van der Waals surface area contributed by atoms with E-state index in [1.54, 1.807) is 7.11 Å². The number of aldehydes is 1. The number of aryl methyl sites for hydroxylation is 1. The van der Waals surface area contributed by atoms with E-state index in [0.29, 0.717) is 17.9 Å². The van der Waals surface area contributed by atoms with E-state index >= 15 is 0 Å². The van der Waals surface area contributed by atoms with Crippen LogP contribution in [0.2, 0.25) is 0 Å². The van der Waals surface area contributed by atoms with Gasteiger partial charge < -0.3 is 9.47 Å². The van der Waals surface area contributed by atoms with Crippen molar-refractivity contribution in [2.45, 2.75) is 13.3 Å². The molecule has 0 aliphatic heterocycles. The highest BCUT2D eigenvalue weighted by Crippen LogP contribution is 2.18. The van der Waals surface area contributed by atoms with E-state index in [1.165, 1.54) is 5.56 Å². The number of ether oxygens (including phenoxy) is 2. The maximum absolute atomic E-state index is 11.0. The van der Waals surface area contributed by atoms with Crippen molar-refractivity contribution in [1.29, 1.82) is 0 Å². The lowest BCUT2D eigenvalue weighted by atomic mass is 10.1. The topological polar surface area (TPSA) is 35.5 Å². The Hall–Kier alpha value is -2.29. The van der Waals surface area contributed by atoms with Crippen molar-refractivity contribution in [3.8, 4) is 11.5 Å². The molecule has 0 heterocycles. The SMILES string of the molecule is COc1ccc(CCOc2ccc(C)cc2C=O)cc1. The molecule has 0 saturated heterocycles. The van der Waals surface area contributed by atoms with Gasteiger partial charge in [-0.05, 0) is 36.8 Å². The van der Waals surface area contributed by atoms with Crippen LogP contribution in [0.5, 0.6) is 11.5 Å². The van der Waals surface area contributed by atoms with E-state index < -0.39 is 0 Å². The van der Waals surface area contributed by atoms with E-state index in [-0.39, 0.29) is 0 Å². The standard InChI is InChI=1S/C17H18O3/c1-13-3-8-17(15(11-13)12-18)20-10-9-14-4-6-16(19-2)7-5-14/h3-8,11-12H,9-10H2,1-2H3. The van der Waals surface area contributed by atoms with Crippen LogP contribution in [0, 0.1) is 6.92 Å². The number of hydrogen-bond donors (Lipinski definition) is 0. The number of rotatable bonds is 6. The van der Waals surface area contributed by atoms with Gasteiger partial charge in [-0.2, -0.15) is 0 Å². The predicted octanol–water partition coefficient (Wildman–Crippen LogP) is 3.44. The minimum Gasteiger partial charge on any atom is -0.497 e. The van der Waals surface area contributed by atoms with Crippen molar-refractivity contribution in [2.24, 2.45) is 0 Å². The maximum atomic E-state index is 11.0. The number of benzene rings is 2. The van der Waals surface area contributed by atoms with E-state index in [9.17, 15) is 4.79 Å². The van der Waals surface area contributed by atoms with Gasteiger partial charge in [0.05, 0.1) is 19.3 Å². The molecule has 0 aliphatic carbocycles. The predicted molar refractivity (Wildman–Crippen MR) is 78.8 cm³/mol. The number of carbonyl (C=O) groups is 1. The molecule has 0 unspecified atom stereocenters. The minimum absolute atomic E-state index is 0.538. The zero-order valence-corrected chi connectivity index (χ0v) is 11.8. The smallest absolute Gasteiger partial charge is 0.153 e. The first-order valence-corrected chi connectivity index (χ1v) is 6.54. The van der Waals surface area contributed by atoms with Gasteiger partial charge in [0.2, 0.25) is 0 Å². The van der Waals surface area contributed by atoms with Crippen LogP contribution in [-0.4, -0.2) is 20.0 Å². The van der Waals surface area contributed by atoms with Crippen LogP contribution in [0.3, 0.4) is 0 Å². The highest BCUT2D eigenvalue weighted by molar-refractivity contribution is 5.79. The molecule has 2 aromatic rings. The molecular weight excluding hydrogens is 252 g/mol. The van der Waals surface area contributed by atoms with Crippen molar-refractivity contribution in [1.82, 2.24) is 0 Å². The molecule has 20 heavy (non-hydrogen) atoms. The van der Waals surface area contributed by atoms with Gasteiger partial charge in [-0.15, -0.1) is 0 Å². The fourth-order valence-corrected chi connectivity index (χ4v) is 1.96. The summed E-state index contributed by atoms with van der Waals surface area (Å²) in [6.07, 6.45) is 1.62. The summed E-state index contributed by atoms with van der Waals surface area (Å²) in [7, 11) is 1.65. The molecule has 0 spiro atoms. The van der Waals surface area contributed by atoms with Crippen molar-refractivity contribution >= 4 is 6.29 Å². The molecule has 3 heteroatoms. The normalized spacial score (nSPS) is 10.1. The summed E-state index contributed by atoms with van der Waals surface area (Å²) >= 11 is 0. The Kier molecular flexibility index (Phi) is 4.77. The summed E-state index contributed by atoms with van der Waals surface area (Å²) < 4.78 is 10.8. The molecule has 0 saturated carbocycles. The van der Waals surface area contributed by atoms with Crippen LogP contribution < -0.4 is 9.47 Å². The molecule has 104 valence electrons. The highest BCUT2D eigenvalue weighted by Gasteiger charge is 2.03. The number of hydrogen-bond acceptors (Lipinski definition) is 3. The zero-order valence-electron chi connectivity index (χ0n) is 11.8.